The number of hydrogen-bond acceptors (Lipinski definition) is 5. The fourth-order valence-corrected chi connectivity index (χ4v) is 2.31. The molecule has 1 aliphatic rings. The first-order valence-corrected chi connectivity index (χ1v) is 7.47. The molecular formula is C15H25N5O. The van der Waals surface area contributed by atoms with Crippen LogP contribution in [0.2, 0.25) is 0 Å². The van der Waals surface area contributed by atoms with Crippen LogP contribution in [0.15, 0.2) is 0 Å². The van der Waals surface area contributed by atoms with Gasteiger partial charge in [0.1, 0.15) is 17.5 Å². The second kappa shape index (κ2) is 5.87. The molecule has 0 saturated carbocycles. The number of hydrogen-bond donors (Lipinski definition) is 2. The number of carbonyl (C=O) groups excluding carboxylic acids is 1. The second-order valence-corrected chi connectivity index (χ2v) is 6.40. The smallest absolute Gasteiger partial charge is 0.239 e. The first-order chi connectivity index (χ1) is 9.82. The van der Waals surface area contributed by atoms with Crippen molar-refractivity contribution in [3.8, 4) is 0 Å². The van der Waals surface area contributed by atoms with Crippen LogP contribution in [0.4, 0.5) is 11.6 Å². The minimum Gasteiger partial charge on any atom is -0.370 e. The number of nitrogens with one attached hydrogen (secondary N) is 2. The van der Waals surface area contributed by atoms with Gasteiger partial charge in [-0.1, -0.05) is 20.8 Å². The third-order valence-electron chi connectivity index (χ3n) is 3.47. The lowest BCUT2D eigenvalue weighted by molar-refractivity contribution is -0.120. The van der Waals surface area contributed by atoms with Gasteiger partial charge in [0.15, 0.2) is 0 Å². The lowest BCUT2D eigenvalue weighted by atomic mass is 9.95. The summed E-state index contributed by atoms with van der Waals surface area (Å²) in [5, 5.41) is 6.15. The van der Waals surface area contributed by atoms with Crippen molar-refractivity contribution in [2.75, 3.05) is 36.4 Å². The highest BCUT2D eigenvalue weighted by atomic mass is 16.2. The number of carbonyl (C=O) groups is 1. The summed E-state index contributed by atoms with van der Waals surface area (Å²) in [5.74, 6) is 2.56. The molecule has 1 aromatic rings. The zero-order valence-corrected chi connectivity index (χ0v) is 13.6. The Morgan fingerprint density at radius 2 is 2.05 bits per heavy atom. The summed E-state index contributed by atoms with van der Waals surface area (Å²) >= 11 is 0. The number of anilines is 2. The van der Waals surface area contributed by atoms with Crippen LogP contribution in [-0.4, -0.2) is 42.1 Å². The van der Waals surface area contributed by atoms with Gasteiger partial charge in [0.05, 0.1) is 6.54 Å². The summed E-state index contributed by atoms with van der Waals surface area (Å²) in [5.41, 5.74) is 0.865. The topological polar surface area (TPSA) is 70.2 Å². The quantitative estimate of drug-likeness (QED) is 0.882. The minimum atomic E-state index is -0.134. The Morgan fingerprint density at radius 1 is 1.33 bits per heavy atom. The van der Waals surface area contributed by atoms with E-state index < -0.39 is 0 Å². The second-order valence-electron chi connectivity index (χ2n) is 6.40. The van der Waals surface area contributed by atoms with Crippen LogP contribution in [0.1, 0.15) is 39.1 Å². The fourth-order valence-electron chi connectivity index (χ4n) is 2.31. The molecule has 6 heteroatoms. The summed E-state index contributed by atoms with van der Waals surface area (Å²) in [6, 6.07) is 0. The maximum absolute atomic E-state index is 11.6. The molecule has 1 saturated heterocycles. The lowest BCUT2D eigenvalue weighted by Crippen LogP contribution is -2.48. The van der Waals surface area contributed by atoms with E-state index in [1.54, 1.807) is 0 Å². The molecule has 116 valence electrons. The average molecular weight is 291 g/mol. The van der Waals surface area contributed by atoms with E-state index in [0.29, 0.717) is 13.1 Å². The monoisotopic (exact) mass is 291 g/mol. The van der Waals surface area contributed by atoms with Crippen molar-refractivity contribution in [2.24, 2.45) is 0 Å². The van der Waals surface area contributed by atoms with Gasteiger partial charge in [-0.05, 0) is 13.8 Å². The van der Waals surface area contributed by atoms with Crippen molar-refractivity contribution in [2.45, 2.75) is 40.0 Å². The van der Waals surface area contributed by atoms with Crippen LogP contribution in [0, 0.1) is 6.92 Å². The van der Waals surface area contributed by atoms with Gasteiger partial charge >= 0.3 is 0 Å². The van der Waals surface area contributed by atoms with Crippen molar-refractivity contribution in [1.82, 2.24) is 15.3 Å². The Balaban J connectivity index is 2.47. The molecule has 1 fully saturated rings. The first-order valence-electron chi connectivity index (χ1n) is 7.47. The first kappa shape index (κ1) is 15.5. The van der Waals surface area contributed by atoms with Gasteiger partial charge in [0.25, 0.3) is 0 Å². The third-order valence-corrected chi connectivity index (χ3v) is 3.47. The maximum atomic E-state index is 11.6. The molecule has 0 aliphatic carbocycles. The van der Waals surface area contributed by atoms with E-state index in [2.05, 4.69) is 36.4 Å². The van der Waals surface area contributed by atoms with Gasteiger partial charge in [-0.25, -0.2) is 9.97 Å². The minimum absolute atomic E-state index is 0.0431. The Labute approximate surface area is 126 Å². The number of amides is 1. The number of nitrogens with zero attached hydrogens (tertiary/aromatic N) is 3. The average Bonchev–Trinajstić information content (AvgIpc) is 2.40. The van der Waals surface area contributed by atoms with Gasteiger partial charge in [0.2, 0.25) is 5.91 Å². The summed E-state index contributed by atoms with van der Waals surface area (Å²) < 4.78 is 0. The van der Waals surface area contributed by atoms with E-state index in [1.807, 2.05) is 18.7 Å². The van der Waals surface area contributed by atoms with E-state index in [4.69, 9.17) is 4.98 Å². The Hall–Kier alpha value is -1.85. The Morgan fingerprint density at radius 3 is 2.62 bits per heavy atom. The molecule has 0 unspecified atom stereocenters. The SMILES string of the molecule is CCNc1nc(C(C)(C)C)nc(N2CCNC(=O)C2)c1C. The van der Waals surface area contributed by atoms with Gasteiger partial charge in [-0.15, -0.1) is 0 Å². The van der Waals surface area contributed by atoms with Crippen LogP contribution in [-0.2, 0) is 10.2 Å². The molecule has 0 spiro atoms. The molecule has 2 heterocycles. The lowest BCUT2D eigenvalue weighted by Gasteiger charge is -2.30. The molecular weight excluding hydrogens is 266 g/mol. The summed E-state index contributed by atoms with van der Waals surface area (Å²) in [7, 11) is 0. The molecule has 1 amide bonds. The Bertz CT molecular complexity index is 536. The fraction of sp³-hybridized carbons (Fsp3) is 0.667. The molecule has 0 radical (unpaired) electrons. The van der Waals surface area contributed by atoms with Crippen LogP contribution in [0.25, 0.3) is 0 Å². The highest BCUT2D eigenvalue weighted by Crippen LogP contribution is 2.28. The van der Waals surface area contributed by atoms with E-state index in [1.165, 1.54) is 0 Å². The largest absolute Gasteiger partial charge is 0.370 e. The summed E-state index contributed by atoms with van der Waals surface area (Å²) in [6.07, 6.45) is 0. The predicted molar refractivity (Wildman–Crippen MR) is 84.9 cm³/mol. The summed E-state index contributed by atoms with van der Waals surface area (Å²) in [4.78, 5) is 23.1. The summed E-state index contributed by atoms with van der Waals surface area (Å²) in [6.45, 7) is 12.9. The van der Waals surface area contributed by atoms with Crippen molar-refractivity contribution in [1.29, 1.82) is 0 Å². The highest BCUT2D eigenvalue weighted by Gasteiger charge is 2.25. The predicted octanol–water partition coefficient (Wildman–Crippen LogP) is 1.45. The van der Waals surface area contributed by atoms with Gasteiger partial charge < -0.3 is 15.5 Å². The van der Waals surface area contributed by atoms with E-state index in [9.17, 15) is 4.79 Å². The third kappa shape index (κ3) is 3.43. The van der Waals surface area contributed by atoms with Gasteiger partial charge in [-0.3, -0.25) is 4.79 Å². The van der Waals surface area contributed by atoms with Crippen molar-refractivity contribution < 1.29 is 4.79 Å². The number of piperazine rings is 1. The van der Waals surface area contributed by atoms with Crippen molar-refractivity contribution >= 4 is 17.5 Å². The molecule has 1 aliphatic heterocycles. The molecule has 0 bridgehead atoms. The number of aromatic nitrogens is 2. The normalized spacial score (nSPS) is 15.9. The molecule has 21 heavy (non-hydrogen) atoms. The van der Waals surface area contributed by atoms with Crippen LogP contribution >= 0.6 is 0 Å². The molecule has 2 rings (SSSR count). The van der Waals surface area contributed by atoms with E-state index in [0.717, 1.165) is 36.1 Å². The molecule has 2 N–H and O–H groups in total. The standard InChI is InChI=1S/C15H25N5O/c1-6-16-12-10(2)13(19-14(18-12)15(3,4)5)20-8-7-17-11(21)9-20/h6-9H2,1-5H3,(H,17,21)(H,16,18,19). The molecule has 6 nitrogen and oxygen atoms in total. The van der Waals surface area contributed by atoms with Crippen molar-refractivity contribution in [3.63, 3.8) is 0 Å². The zero-order valence-electron chi connectivity index (χ0n) is 13.6. The van der Waals surface area contributed by atoms with Crippen molar-refractivity contribution in [3.05, 3.63) is 11.4 Å². The molecule has 1 aromatic heterocycles. The van der Waals surface area contributed by atoms with Crippen LogP contribution in [0.3, 0.4) is 0 Å². The molecule has 0 atom stereocenters. The van der Waals surface area contributed by atoms with Crippen LogP contribution in [0.5, 0.6) is 0 Å². The van der Waals surface area contributed by atoms with Gasteiger partial charge in [0, 0.05) is 30.6 Å². The van der Waals surface area contributed by atoms with Gasteiger partial charge in [-0.2, -0.15) is 0 Å². The number of rotatable bonds is 3. The van der Waals surface area contributed by atoms with Crippen LogP contribution < -0.4 is 15.5 Å². The Kier molecular flexibility index (Phi) is 4.34. The molecule has 0 aromatic carbocycles. The highest BCUT2D eigenvalue weighted by molar-refractivity contribution is 5.82. The van der Waals surface area contributed by atoms with E-state index >= 15 is 0 Å². The van der Waals surface area contributed by atoms with E-state index in [-0.39, 0.29) is 11.3 Å². The zero-order chi connectivity index (χ0) is 15.6. The maximum Gasteiger partial charge on any atom is 0.239 e.